The summed E-state index contributed by atoms with van der Waals surface area (Å²) in [5, 5.41) is 9.51. The van der Waals surface area contributed by atoms with Crippen molar-refractivity contribution in [2.75, 3.05) is 7.11 Å². The van der Waals surface area contributed by atoms with Crippen molar-refractivity contribution in [2.45, 2.75) is 13.3 Å². The third kappa shape index (κ3) is 2.84. The van der Waals surface area contributed by atoms with Crippen LogP contribution in [-0.2, 0) is 4.79 Å². The van der Waals surface area contributed by atoms with E-state index in [4.69, 9.17) is 4.74 Å². The Labute approximate surface area is 89.0 Å². The molecule has 0 radical (unpaired) electrons. The van der Waals surface area contributed by atoms with E-state index in [1.165, 1.54) is 7.11 Å². The summed E-state index contributed by atoms with van der Waals surface area (Å²) < 4.78 is 4.92. The molecule has 0 atom stereocenters. The van der Waals surface area contributed by atoms with Crippen LogP contribution in [0.1, 0.15) is 18.9 Å². The molecule has 0 saturated heterocycles. The van der Waals surface area contributed by atoms with Gasteiger partial charge in [-0.2, -0.15) is 0 Å². The number of rotatable bonds is 4. The first-order valence-electron chi connectivity index (χ1n) is 4.74. The van der Waals surface area contributed by atoms with Crippen molar-refractivity contribution in [3.05, 3.63) is 29.3 Å². The molecule has 0 aliphatic carbocycles. The largest absolute Gasteiger partial charge is 0.504 e. The van der Waals surface area contributed by atoms with E-state index in [9.17, 15) is 9.90 Å². The lowest BCUT2D eigenvalue weighted by Crippen LogP contribution is -1.85. The molecule has 0 aromatic heterocycles. The number of methoxy groups -OCH3 is 1. The van der Waals surface area contributed by atoms with E-state index in [0.717, 1.165) is 11.8 Å². The molecule has 1 rings (SSSR count). The van der Waals surface area contributed by atoms with Crippen molar-refractivity contribution in [1.82, 2.24) is 0 Å². The lowest BCUT2D eigenvalue weighted by molar-refractivity contribution is -0.104. The summed E-state index contributed by atoms with van der Waals surface area (Å²) in [6.07, 6.45) is 3.24. The molecule has 3 nitrogen and oxygen atoms in total. The maximum atomic E-state index is 10.6. The summed E-state index contributed by atoms with van der Waals surface area (Å²) in [5.74, 6) is 0.504. The highest BCUT2D eigenvalue weighted by atomic mass is 16.5. The Balaban J connectivity index is 3.02. The smallest absolute Gasteiger partial charge is 0.160 e. The van der Waals surface area contributed by atoms with Gasteiger partial charge in [0.05, 0.1) is 7.11 Å². The second-order valence-electron chi connectivity index (χ2n) is 3.12. The van der Waals surface area contributed by atoms with Gasteiger partial charge >= 0.3 is 0 Å². The molecule has 15 heavy (non-hydrogen) atoms. The lowest BCUT2D eigenvalue weighted by atomic mass is 10.1. The number of ether oxygens (including phenoxy) is 1. The summed E-state index contributed by atoms with van der Waals surface area (Å²) in [5.41, 5.74) is 1.48. The van der Waals surface area contributed by atoms with Crippen molar-refractivity contribution >= 4 is 12.4 Å². The van der Waals surface area contributed by atoms with Gasteiger partial charge in [-0.3, -0.25) is 4.79 Å². The monoisotopic (exact) mass is 206 g/mol. The van der Waals surface area contributed by atoms with Crippen LogP contribution in [0.2, 0.25) is 0 Å². The van der Waals surface area contributed by atoms with Crippen molar-refractivity contribution in [1.29, 1.82) is 0 Å². The zero-order valence-corrected chi connectivity index (χ0v) is 8.86. The second kappa shape index (κ2) is 5.20. The molecule has 1 N–H and O–H groups in total. The van der Waals surface area contributed by atoms with E-state index in [1.807, 2.05) is 6.92 Å². The number of phenolic OH excluding ortho intramolecular Hbond substituents is 1. The highest BCUT2D eigenvalue weighted by Gasteiger charge is 2.01. The predicted octanol–water partition coefficient (Wildman–Crippen LogP) is 2.39. The summed E-state index contributed by atoms with van der Waals surface area (Å²) >= 11 is 0. The van der Waals surface area contributed by atoms with Gasteiger partial charge in [-0.1, -0.05) is 13.0 Å². The number of phenols is 1. The van der Waals surface area contributed by atoms with Gasteiger partial charge in [0.2, 0.25) is 0 Å². The van der Waals surface area contributed by atoms with Crippen molar-refractivity contribution in [3.8, 4) is 11.5 Å². The highest BCUT2D eigenvalue weighted by Crippen LogP contribution is 2.27. The Morgan fingerprint density at radius 1 is 1.53 bits per heavy atom. The molecule has 0 bridgehead atoms. The van der Waals surface area contributed by atoms with Crippen LogP contribution in [0, 0.1) is 0 Å². The number of aldehydes is 1. The quantitative estimate of drug-likeness (QED) is 0.607. The van der Waals surface area contributed by atoms with E-state index >= 15 is 0 Å². The molecule has 80 valence electrons. The van der Waals surface area contributed by atoms with Gasteiger partial charge in [-0.05, 0) is 35.8 Å². The zero-order chi connectivity index (χ0) is 11.3. The van der Waals surface area contributed by atoms with E-state index in [0.29, 0.717) is 17.7 Å². The van der Waals surface area contributed by atoms with Crippen LogP contribution in [0.5, 0.6) is 11.5 Å². The molecule has 0 aliphatic rings. The van der Waals surface area contributed by atoms with Gasteiger partial charge in [0.15, 0.2) is 11.5 Å². The van der Waals surface area contributed by atoms with Crippen LogP contribution in [0.15, 0.2) is 23.8 Å². The molecular weight excluding hydrogens is 192 g/mol. The maximum Gasteiger partial charge on any atom is 0.160 e. The number of hydrogen-bond acceptors (Lipinski definition) is 3. The van der Waals surface area contributed by atoms with Gasteiger partial charge in [0.1, 0.15) is 6.29 Å². The first-order chi connectivity index (χ1) is 7.21. The molecule has 0 aliphatic heterocycles. The lowest BCUT2D eigenvalue weighted by Gasteiger charge is -2.03. The minimum absolute atomic E-state index is 0.0765. The minimum atomic E-state index is 0.0765. The Morgan fingerprint density at radius 2 is 2.27 bits per heavy atom. The van der Waals surface area contributed by atoms with Crippen LogP contribution in [0.3, 0.4) is 0 Å². The molecule has 0 unspecified atom stereocenters. The van der Waals surface area contributed by atoms with Gasteiger partial charge in [-0.15, -0.1) is 0 Å². The average Bonchev–Trinajstić information content (AvgIpc) is 2.26. The topological polar surface area (TPSA) is 46.5 Å². The SMILES string of the molecule is CCC(C=O)=Cc1ccc(OC)c(O)c1. The molecule has 1 aromatic rings. The zero-order valence-electron chi connectivity index (χ0n) is 8.86. The summed E-state index contributed by atoms with van der Waals surface area (Å²) in [6, 6.07) is 5.02. The first kappa shape index (κ1) is 11.3. The molecule has 3 heteroatoms. The first-order valence-corrected chi connectivity index (χ1v) is 4.74. The van der Waals surface area contributed by atoms with Gasteiger partial charge in [0.25, 0.3) is 0 Å². The van der Waals surface area contributed by atoms with Gasteiger partial charge < -0.3 is 9.84 Å². The number of hydrogen-bond donors (Lipinski definition) is 1. The summed E-state index contributed by atoms with van der Waals surface area (Å²) in [4.78, 5) is 10.6. The molecule has 1 aromatic carbocycles. The van der Waals surface area contributed by atoms with E-state index in [-0.39, 0.29) is 5.75 Å². The van der Waals surface area contributed by atoms with E-state index in [2.05, 4.69) is 0 Å². The van der Waals surface area contributed by atoms with Crippen molar-refractivity contribution in [3.63, 3.8) is 0 Å². The Kier molecular flexibility index (Phi) is 3.92. The Morgan fingerprint density at radius 3 is 2.73 bits per heavy atom. The Hall–Kier alpha value is -1.77. The van der Waals surface area contributed by atoms with E-state index in [1.54, 1.807) is 24.3 Å². The molecule has 0 amide bonds. The third-order valence-corrected chi connectivity index (χ3v) is 2.11. The van der Waals surface area contributed by atoms with E-state index < -0.39 is 0 Å². The van der Waals surface area contributed by atoms with Gasteiger partial charge in [-0.25, -0.2) is 0 Å². The number of aromatic hydroxyl groups is 1. The minimum Gasteiger partial charge on any atom is -0.504 e. The number of allylic oxidation sites excluding steroid dienone is 1. The number of benzene rings is 1. The fraction of sp³-hybridized carbons (Fsp3) is 0.250. The predicted molar refractivity (Wildman–Crippen MR) is 59.0 cm³/mol. The van der Waals surface area contributed by atoms with Crippen LogP contribution in [-0.4, -0.2) is 18.5 Å². The molecule has 0 heterocycles. The van der Waals surface area contributed by atoms with Crippen molar-refractivity contribution in [2.24, 2.45) is 0 Å². The summed E-state index contributed by atoms with van der Waals surface area (Å²) in [6.45, 7) is 1.91. The number of carbonyl (C=O) groups is 1. The highest BCUT2D eigenvalue weighted by molar-refractivity contribution is 5.81. The van der Waals surface area contributed by atoms with Crippen LogP contribution < -0.4 is 4.74 Å². The average molecular weight is 206 g/mol. The fourth-order valence-corrected chi connectivity index (χ4v) is 1.23. The number of carbonyl (C=O) groups excluding carboxylic acids is 1. The normalized spacial score (nSPS) is 11.2. The molecular formula is C12H14O3. The fourth-order valence-electron chi connectivity index (χ4n) is 1.23. The van der Waals surface area contributed by atoms with Gasteiger partial charge in [0, 0.05) is 0 Å². The molecule has 0 fully saturated rings. The van der Waals surface area contributed by atoms with Crippen LogP contribution in [0.25, 0.3) is 6.08 Å². The second-order valence-corrected chi connectivity index (χ2v) is 3.12. The van der Waals surface area contributed by atoms with Crippen LogP contribution in [0.4, 0.5) is 0 Å². The maximum absolute atomic E-state index is 10.6. The van der Waals surface area contributed by atoms with Crippen molar-refractivity contribution < 1.29 is 14.6 Å². The van der Waals surface area contributed by atoms with Crippen LogP contribution >= 0.6 is 0 Å². The Bertz CT molecular complexity index is 380. The standard InChI is InChI=1S/C12H14O3/c1-3-9(8-13)6-10-4-5-12(15-2)11(14)7-10/h4-8,14H,3H2,1-2H3. The molecule has 0 saturated carbocycles. The summed E-state index contributed by atoms with van der Waals surface area (Å²) in [7, 11) is 1.49. The third-order valence-electron chi connectivity index (χ3n) is 2.11. The molecule has 0 spiro atoms.